The van der Waals surface area contributed by atoms with Gasteiger partial charge in [-0.25, -0.2) is 0 Å². The van der Waals surface area contributed by atoms with Crippen molar-refractivity contribution < 1.29 is 4.74 Å². The van der Waals surface area contributed by atoms with Gasteiger partial charge in [0.1, 0.15) is 0 Å². The molecular weight excluding hydrogens is 224 g/mol. The van der Waals surface area contributed by atoms with E-state index in [-0.39, 0.29) is 11.2 Å². The van der Waals surface area contributed by atoms with Gasteiger partial charge in [-0.3, -0.25) is 4.90 Å². The molecule has 0 aromatic carbocycles. The highest BCUT2D eigenvalue weighted by molar-refractivity contribution is 4.89. The minimum Gasteiger partial charge on any atom is -0.367 e. The van der Waals surface area contributed by atoms with E-state index < -0.39 is 0 Å². The van der Waals surface area contributed by atoms with Crippen molar-refractivity contribution in [2.75, 3.05) is 26.2 Å². The highest BCUT2D eigenvalue weighted by Crippen LogP contribution is 2.28. The van der Waals surface area contributed by atoms with Crippen LogP contribution in [0.4, 0.5) is 0 Å². The van der Waals surface area contributed by atoms with Gasteiger partial charge in [0.2, 0.25) is 0 Å². The zero-order chi connectivity index (χ0) is 13.2. The van der Waals surface area contributed by atoms with E-state index >= 15 is 0 Å². The van der Waals surface area contributed by atoms with E-state index in [1.807, 2.05) is 0 Å². The summed E-state index contributed by atoms with van der Waals surface area (Å²) in [5.74, 6) is 0. The van der Waals surface area contributed by atoms with Crippen LogP contribution >= 0.6 is 0 Å². The Morgan fingerprint density at radius 2 is 1.83 bits per heavy atom. The van der Waals surface area contributed by atoms with Crippen LogP contribution in [0.2, 0.25) is 0 Å². The second kappa shape index (κ2) is 5.48. The molecule has 3 nitrogen and oxygen atoms in total. The largest absolute Gasteiger partial charge is 0.367 e. The molecule has 0 aliphatic carbocycles. The normalized spacial score (nSPS) is 31.7. The van der Waals surface area contributed by atoms with Gasteiger partial charge in [-0.2, -0.15) is 0 Å². The lowest BCUT2D eigenvalue weighted by molar-refractivity contribution is -0.180. The minimum absolute atomic E-state index is 0.00659. The number of rotatable bonds is 4. The Bertz CT molecular complexity index is 254. The number of nitrogens with one attached hydrogen (secondary N) is 1. The molecule has 0 radical (unpaired) electrons. The van der Waals surface area contributed by atoms with Crippen LogP contribution in [0.15, 0.2) is 0 Å². The molecule has 2 aliphatic rings. The van der Waals surface area contributed by atoms with Gasteiger partial charge in [-0.05, 0) is 66.5 Å². The van der Waals surface area contributed by atoms with E-state index in [4.69, 9.17) is 4.74 Å². The van der Waals surface area contributed by atoms with Crippen LogP contribution in [0.3, 0.4) is 0 Å². The van der Waals surface area contributed by atoms with Crippen molar-refractivity contribution in [3.05, 3.63) is 0 Å². The summed E-state index contributed by atoms with van der Waals surface area (Å²) in [6.45, 7) is 13.4. The molecule has 2 fully saturated rings. The van der Waals surface area contributed by atoms with Crippen LogP contribution in [-0.4, -0.2) is 48.3 Å². The van der Waals surface area contributed by atoms with E-state index in [1.165, 1.54) is 38.8 Å². The molecule has 106 valence electrons. The van der Waals surface area contributed by atoms with Crippen LogP contribution in [-0.2, 0) is 4.74 Å². The van der Waals surface area contributed by atoms with E-state index in [1.54, 1.807) is 0 Å². The fourth-order valence-electron chi connectivity index (χ4n) is 3.67. The van der Waals surface area contributed by atoms with Crippen molar-refractivity contribution in [1.29, 1.82) is 0 Å². The van der Waals surface area contributed by atoms with E-state index in [9.17, 15) is 0 Å². The van der Waals surface area contributed by atoms with Crippen molar-refractivity contribution in [3.63, 3.8) is 0 Å². The number of morpholine rings is 1. The Hall–Kier alpha value is -0.120. The van der Waals surface area contributed by atoms with Gasteiger partial charge >= 0.3 is 0 Å². The summed E-state index contributed by atoms with van der Waals surface area (Å²) in [6.07, 6.45) is 5.38. The van der Waals surface area contributed by atoms with Crippen molar-refractivity contribution >= 4 is 0 Å². The fraction of sp³-hybridized carbons (Fsp3) is 1.00. The number of hydrogen-bond donors (Lipinski definition) is 1. The van der Waals surface area contributed by atoms with Crippen LogP contribution < -0.4 is 5.32 Å². The van der Waals surface area contributed by atoms with Gasteiger partial charge in [-0.1, -0.05) is 0 Å². The van der Waals surface area contributed by atoms with Gasteiger partial charge < -0.3 is 10.1 Å². The molecule has 0 aromatic heterocycles. The van der Waals surface area contributed by atoms with Gasteiger partial charge in [-0.15, -0.1) is 0 Å². The highest BCUT2D eigenvalue weighted by Gasteiger charge is 2.37. The Labute approximate surface area is 112 Å². The molecule has 0 spiro atoms. The molecule has 2 rings (SSSR count). The summed E-state index contributed by atoms with van der Waals surface area (Å²) in [4.78, 5) is 2.58. The molecular formula is C15H30N2O. The second-order valence-electron chi connectivity index (χ2n) is 7.27. The highest BCUT2D eigenvalue weighted by atomic mass is 16.5. The summed E-state index contributed by atoms with van der Waals surface area (Å²) in [7, 11) is 0. The first-order chi connectivity index (χ1) is 8.36. The topological polar surface area (TPSA) is 24.5 Å². The molecule has 18 heavy (non-hydrogen) atoms. The fourth-order valence-corrected chi connectivity index (χ4v) is 3.67. The zero-order valence-electron chi connectivity index (χ0n) is 12.6. The molecule has 2 heterocycles. The van der Waals surface area contributed by atoms with Crippen molar-refractivity contribution in [2.45, 2.75) is 70.6 Å². The van der Waals surface area contributed by atoms with Crippen molar-refractivity contribution in [2.24, 2.45) is 0 Å². The molecule has 0 aromatic rings. The Balaban J connectivity index is 1.74. The first-order valence-corrected chi connectivity index (χ1v) is 7.52. The summed E-state index contributed by atoms with van der Waals surface area (Å²) in [5, 5.41) is 3.58. The third-order valence-electron chi connectivity index (χ3n) is 3.95. The zero-order valence-corrected chi connectivity index (χ0v) is 12.6. The number of nitrogens with zero attached hydrogens (tertiary/aromatic N) is 1. The summed E-state index contributed by atoms with van der Waals surface area (Å²) >= 11 is 0. The lowest BCUT2D eigenvalue weighted by atomic mass is 9.98. The standard InChI is InChI=1S/C15H30N2O/c1-14(2)11-17(12-15(3,4)18-14)10-6-8-13-7-5-9-16-13/h13,16H,5-12H2,1-4H3. The predicted octanol–water partition coefficient (Wildman–Crippen LogP) is 2.41. The molecule has 1 unspecified atom stereocenters. The van der Waals surface area contributed by atoms with Crippen LogP contribution in [0.25, 0.3) is 0 Å². The predicted molar refractivity (Wildman–Crippen MR) is 75.9 cm³/mol. The number of ether oxygens (including phenoxy) is 1. The SMILES string of the molecule is CC1(C)CN(CCCC2CCCN2)CC(C)(C)O1. The summed E-state index contributed by atoms with van der Waals surface area (Å²) < 4.78 is 6.12. The quantitative estimate of drug-likeness (QED) is 0.834. The van der Waals surface area contributed by atoms with Gasteiger partial charge in [0.25, 0.3) is 0 Å². The van der Waals surface area contributed by atoms with Gasteiger partial charge in [0.15, 0.2) is 0 Å². The maximum absolute atomic E-state index is 6.12. The van der Waals surface area contributed by atoms with Crippen LogP contribution in [0, 0.1) is 0 Å². The average Bonchev–Trinajstić information content (AvgIpc) is 2.65. The Morgan fingerprint density at radius 3 is 2.39 bits per heavy atom. The van der Waals surface area contributed by atoms with Crippen molar-refractivity contribution in [3.8, 4) is 0 Å². The molecule has 0 bridgehead atoms. The van der Waals surface area contributed by atoms with E-state index in [0.29, 0.717) is 0 Å². The van der Waals surface area contributed by atoms with Crippen molar-refractivity contribution in [1.82, 2.24) is 10.2 Å². The molecule has 2 saturated heterocycles. The maximum Gasteiger partial charge on any atom is 0.0760 e. The van der Waals surface area contributed by atoms with Crippen LogP contribution in [0.1, 0.15) is 53.4 Å². The van der Waals surface area contributed by atoms with Gasteiger partial charge in [0.05, 0.1) is 11.2 Å². The smallest absolute Gasteiger partial charge is 0.0760 e. The molecule has 1 N–H and O–H groups in total. The Morgan fingerprint density at radius 1 is 1.17 bits per heavy atom. The molecule has 0 amide bonds. The third kappa shape index (κ3) is 4.22. The second-order valence-corrected chi connectivity index (χ2v) is 7.27. The minimum atomic E-state index is -0.00659. The van der Waals surface area contributed by atoms with Gasteiger partial charge in [0, 0.05) is 19.1 Å². The lowest BCUT2D eigenvalue weighted by Crippen LogP contribution is -2.57. The van der Waals surface area contributed by atoms with E-state index in [0.717, 1.165) is 19.1 Å². The number of hydrogen-bond acceptors (Lipinski definition) is 3. The van der Waals surface area contributed by atoms with Crippen LogP contribution in [0.5, 0.6) is 0 Å². The monoisotopic (exact) mass is 254 g/mol. The summed E-state index contributed by atoms with van der Waals surface area (Å²) in [6, 6.07) is 0.784. The lowest BCUT2D eigenvalue weighted by Gasteiger charge is -2.47. The third-order valence-corrected chi connectivity index (χ3v) is 3.95. The average molecular weight is 254 g/mol. The Kier molecular flexibility index (Phi) is 4.35. The first kappa shape index (κ1) is 14.3. The first-order valence-electron chi connectivity index (χ1n) is 7.52. The molecule has 0 saturated carbocycles. The molecule has 1 atom stereocenters. The van der Waals surface area contributed by atoms with E-state index in [2.05, 4.69) is 37.9 Å². The maximum atomic E-state index is 6.12. The molecule has 2 aliphatic heterocycles. The molecule has 3 heteroatoms. The summed E-state index contributed by atoms with van der Waals surface area (Å²) in [5.41, 5.74) is -0.0132.